The van der Waals surface area contributed by atoms with E-state index in [-0.39, 0.29) is 11.3 Å². The van der Waals surface area contributed by atoms with Gasteiger partial charge in [-0.15, -0.1) is 0 Å². The van der Waals surface area contributed by atoms with E-state index in [9.17, 15) is 4.79 Å². The predicted octanol–water partition coefficient (Wildman–Crippen LogP) is 2.50. The molecule has 2 rings (SSSR count). The summed E-state index contributed by atoms with van der Waals surface area (Å²) in [6.45, 7) is 16.3. The predicted molar refractivity (Wildman–Crippen MR) is 85.8 cm³/mol. The average Bonchev–Trinajstić information content (AvgIpc) is 2.52. The van der Waals surface area contributed by atoms with Crippen LogP contribution in [-0.4, -0.2) is 47.0 Å². The van der Waals surface area contributed by atoms with Crippen LogP contribution in [0.1, 0.15) is 33.6 Å². The second-order valence-corrected chi connectivity index (χ2v) is 6.76. The molecule has 0 radical (unpaired) electrons. The van der Waals surface area contributed by atoms with Crippen LogP contribution in [0.15, 0.2) is 12.3 Å². The summed E-state index contributed by atoms with van der Waals surface area (Å²) in [5, 5.41) is 0. The molecule has 0 unspecified atom stereocenters. The Balaban J connectivity index is 1.87. The van der Waals surface area contributed by atoms with E-state index in [4.69, 9.17) is 6.57 Å². The number of piperazine rings is 1. The van der Waals surface area contributed by atoms with E-state index in [1.165, 1.54) is 0 Å². The van der Waals surface area contributed by atoms with Crippen molar-refractivity contribution in [1.29, 1.82) is 0 Å². The van der Waals surface area contributed by atoms with Gasteiger partial charge in [0.15, 0.2) is 0 Å². The van der Waals surface area contributed by atoms with E-state index >= 15 is 0 Å². The van der Waals surface area contributed by atoms with Gasteiger partial charge in [-0.2, -0.15) is 0 Å². The fraction of sp³-hybridized carbons (Fsp3) is 0.625. The Morgan fingerprint density at radius 2 is 2.00 bits per heavy atom. The fourth-order valence-electron chi connectivity index (χ4n) is 2.35. The molecule has 1 aliphatic heterocycles. The summed E-state index contributed by atoms with van der Waals surface area (Å²) in [5.74, 6) is 1.16. The summed E-state index contributed by atoms with van der Waals surface area (Å²) in [4.78, 5) is 27.9. The first kappa shape index (κ1) is 16.2. The normalized spacial score (nSPS) is 15.5. The second kappa shape index (κ2) is 6.73. The summed E-state index contributed by atoms with van der Waals surface area (Å²) < 4.78 is 0. The number of aromatic nitrogens is 2. The summed E-state index contributed by atoms with van der Waals surface area (Å²) in [5.41, 5.74) is 0.186. The van der Waals surface area contributed by atoms with Crippen LogP contribution < -0.4 is 4.90 Å². The molecule has 1 amide bonds. The molecule has 1 aromatic heterocycles. The first-order valence-electron chi connectivity index (χ1n) is 7.62. The Morgan fingerprint density at radius 1 is 1.32 bits per heavy atom. The Bertz CT molecular complexity index is 565. The van der Waals surface area contributed by atoms with Crippen LogP contribution in [0, 0.1) is 12.0 Å². The number of carbonyl (C=O) groups is 1. The van der Waals surface area contributed by atoms with Gasteiger partial charge in [0.1, 0.15) is 0 Å². The molecule has 0 saturated carbocycles. The van der Waals surface area contributed by atoms with Gasteiger partial charge in [0, 0.05) is 38.8 Å². The highest BCUT2D eigenvalue weighted by Crippen LogP contribution is 2.22. The molecule has 118 valence electrons. The first-order chi connectivity index (χ1) is 10.4. The molecule has 1 saturated heterocycles. The van der Waals surface area contributed by atoms with Gasteiger partial charge < -0.3 is 14.6 Å². The SMILES string of the molecule is [C-]#[N+]c1ccnc(N2CCN(C(=O)CCC(C)(C)C)CC2)n1. The van der Waals surface area contributed by atoms with Gasteiger partial charge >= 0.3 is 5.95 Å². The largest absolute Gasteiger partial charge is 0.360 e. The van der Waals surface area contributed by atoms with Crippen LogP contribution in [0.2, 0.25) is 0 Å². The minimum absolute atomic E-state index is 0.186. The zero-order valence-corrected chi connectivity index (χ0v) is 13.5. The quantitative estimate of drug-likeness (QED) is 0.805. The fourth-order valence-corrected chi connectivity index (χ4v) is 2.35. The molecule has 0 aromatic carbocycles. The molecule has 0 aliphatic carbocycles. The second-order valence-electron chi connectivity index (χ2n) is 6.76. The smallest absolute Gasteiger partial charge is 0.322 e. The number of rotatable bonds is 3. The van der Waals surface area contributed by atoms with Crippen LogP contribution in [0.4, 0.5) is 11.8 Å². The van der Waals surface area contributed by atoms with Gasteiger partial charge in [-0.3, -0.25) is 4.79 Å². The Labute approximate surface area is 132 Å². The van der Waals surface area contributed by atoms with Gasteiger partial charge in [0.2, 0.25) is 5.91 Å². The Kier molecular flexibility index (Phi) is 4.96. The molecule has 0 N–H and O–H groups in total. The lowest BCUT2D eigenvalue weighted by molar-refractivity contribution is -0.132. The Hall–Kier alpha value is -2.16. The highest BCUT2D eigenvalue weighted by Gasteiger charge is 2.24. The van der Waals surface area contributed by atoms with Crippen molar-refractivity contribution in [2.24, 2.45) is 5.41 Å². The summed E-state index contributed by atoms with van der Waals surface area (Å²) in [6, 6.07) is 1.60. The molecule has 0 spiro atoms. The van der Waals surface area contributed by atoms with Crippen LogP contribution in [0.3, 0.4) is 0 Å². The average molecular weight is 301 g/mol. The Morgan fingerprint density at radius 3 is 2.59 bits per heavy atom. The number of carbonyl (C=O) groups excluding carboxylic acids is 1. The topological polar surface area (TPSA) is 53.7 Å². The molecule has 1 fully saturated rings. The maximum absolute atomic E-state index is 12.2. The van der Waals surface area contributed by atoms with Crippen molar-refractivity contribution in [2.75, 3.05) is 31.1 Å². The van der Waals surface area contributed by atoms with Crippen molar-refractivity contribution >= 4 is 17.7 Å². The third-order valence-corrected chi connectivity index (χ3v) is 3.75. The van der Waals surface area contributed by atoms with E-state index in [0.29, 0.717) is 44.4 Å². The molecule has 6 nitrogen and oxygen atoms in total. The van der Waals surface area contributed by atoms with Crippen LogP contribution >= 0.6 is 0 Å². The summed E-state index contributed by atoms with van der Waals surface area (Å²) >= 11 is 0. The van der Waals surface area contributed by atoms with Crippen molar-refractivity contribution in [3.8, 4) is 0 Å². The van der Waals surface area contributed by atoms with Crippen molar-refractivity contribution < 1.29 is 4.79 Å². The molecule has 6 heteroatoms. The highest BCUT2D eigenvalue weighted by molar-refractivity contribution is 5.76. The van der Waals surface area contributed by atoms with Crippen LogP contribution in [-0.2, 0) is 4.79 Å². The lowest BCUT2D eigenvalue weighted by Gasteiger charge is -2.34. The standard InChI is InChI=1S/C16H23N5O/c1-16(2,3)7-5-14(22)20-9-11-21(12-10-20)15-18-8-6-13(17-4)19-15/h6,8H,5,7,9-12H2,1-3H3. The van der Waals surface area contributed by atoms with Crippen molar-refractivity contribution in [1.82, 2.24) is 14.9 Å². The van der Waals surface area contributed by atoms with E-state index in [2.05, 4.69) is 35.6 Å². The van der Waals surface area contributed by atoms with Crippen LogP contribution in [0.5, 0.6) is 0 Å². The van der Waals surface area contributed by atoms with E-state index in [0.717, 1.165) is 6.42 Å². The van der Waals surface area contributed by atoms with E-state index < -0.39 is 0 Å². The number of hydrogen-bond acceptors (Lipinski definition) is 4. The van der Waals surface area contributed by atoms with E-state index in [1.54, 1.807) is 12.3 Å². The first-order valence-corrected chi connectivity index (χ1v) is 7.62. The van der Waals surface area contributed by atoms with Crippen molar-refractivity contribution in [3.05, 3.63) is 23.7 Å². The lowest BCUT2D eigenvalue weighted by atomic mass is 9.90. The molecule has 1 aliphatic rings. The number of anilines is 1. The maximum Gasteiger partial charge on any atom is 0.322 e. The van der Waals surface area contributed by atoms with Gasteiger partial charge in [-0.05, 0) is 17.9 Å². The zero-order chi connectivity index (χ0) is 16.2. The lowest BCUT2D eigenvalue weighted by Crippen LogP contribution is -2.49. The third-order valence-electron chi connectivity index (χ3n) is 3.75. The number of amides is 1. The molecule has 2 heterocycles. The molecule has 0 atom stereocenters. The number of hydrogen-bond donors (Lipinski definition) is 0. The van der Waals surface area contributed by atoms with Crippen molar-refractivity contribution in [2.45, 2.75) is 33.6 Å². The maximum atomic E-state index is 12.2. The van der Waals surface area contributed by atoms with Gasteiger partial charge in [0.25, 0.3) is 5.82 Å². The molecule has 22 heavy (non-hydrogen) atoms. The van der Waals surface area contributed by atoms with Gasteiger partial charge in [0.05, 0.1) is 0 Å². The molecule has 0 bridgehead atoms. The highest BCUT2D eigenvalue weighted by atomic mass is 16.2. The summed E-state index contributed by atoms with van der Waals surface area (Å²) in [6.07, 6.45) is 3.12. The van der Waals surface area contributed by atoms with Crippen LogP contribution in [0.25, 0.3) is 4.85 Å². The van der Waals surface area contributed by atoms with Gasteiger partial charge in [-0.25, -0.2) is 4.98 Å². The molecular weight excluding hydrogens is 278 g/mol. The zero-order valence-electron chi connectivity index (χ0n) is 13.5. The molecular formula is C16H23N5O. The molecule has 1 aromatic rings. The van der Waals surface area contributed by atoms with E-state index in [1.807, 2.05) is 9.80 Å². The monoisotopic (exact) mass is 301 g/mol. The number of nitrogens with zero attached hydrogens (tertiary/aromatic N) is 5. The summed E-state index contributed by atoms with van der Waals surface area (Å²) in [7, 11) is 0. The van der Waals surface area contributed by atoms with Gasteiger partial charge in [-0.1, -0.05) is 32.3 Å². The minimum Gasteiger partial charge on any atom is -0.360 e. The third kappa shape index (κ3) is 4.42. The van der Waals surface area contributed by atoms with Crippen molar-refractivity contribution in [3.63, 3.8) is 0 Å². The minimum atomic E-state index is 0.186.